The zero-order valence-electron chi connectivity index (χ0n) is 20.2. The molecule has 6 rings (SSSR count). The van der Waals surface area contributed by atoms with Gasteiger partial charge in [0.05, 0.1) is 17.8 Å². The molecule has 0 bridgehead atoms. The van der Waals surface area contributed by atoms with E-state index in [9.17, 15) is 0 Å². The Morgan fingerprint density at radius 2 is 1.65 bits per heavy atom. The summed E-state index contributed by atoms with van der Waals surface area (Å²) in [5.74, 6) is 0.892. The predicted molar refractivity (Wildman–Crippen MR) is 139 cm³/mol. The molecule has 0 saturated carbocycles. The van der Waals surface area contributed by atoms with Crippen molar-refractivity contribution < 1.29 is 4.74 Å². The van der Waals surface area contributed by atoms with Crippen molar-refractivity contribution in [3.63, 3.8) is 0 Å². The molecule has 5 nitrogen and oxygen atoms in total. The van der Waals surface area contributed by atoms with Gasteiger partial charge in [0, 0.05) is 61.8 Å². The molecule has 0 atom stereocenters. The van der Waals surface area contributed by atoms with Crippen molar-refractivity contribution in [3.05, 3.63) is 83.6 Å². The lowest BCUT2D eigenvalue weighted by atomic mass is 10.0. The van der Waals surface area contributed by atoms with Gasteiger partial charge in [0.1, 0.15) is 5.75 Å². The fourth-order valence-electron chi connectivity index (χ4n) is 5.56. The van der Waals surface area contributed by atoms with Gasteiger partial charge in [0.2, 0.25) is 0 Å². The average molecular weight is 449 g/mol. The SMILES string of the molecule is CCOc1ccc(-n2c(C)c3c(C)nn4cc(-c5c(C)[nH]c6ccccc56)cc4c3c2C)cc1. The van der Waals surface area contributed by atoms with Crippen molar-refractivity contribution >= 4 is 27.2 Å². The van der Waals surface area contributed by atoms with Crippen LogP contribution in [0, 0.1) is 27.7 Å². The summed E-state index contributed by atoms with van der Waals surface area (Å²) < 4.78 is 10.0. The maximum atomic E-state index is 5.65. The molecule has 0 aliphatic carbocycles. The second-order valence-electron chi connectivity index (χ2n) is 9.00. The van der Waals surface area contributed by atoms with Gasteiger partial charge in [-0.15, -0.1) is 0 Å². The molecule has 170 valence electrons. The first kappa shape index (κ1) is 20.6. The summed E-state index contributed by atoms with van der Waals surface area (Å²) in [6, 6.07) is 19.1. The second kappa shape index (κ2) is 7.52. The Balaban J connectivity index is 1.60. The van der Waals surface area contributed by atoms with E-state index in [0.29, 0.717) is 6.61 Å². The van der Waals surface area contributed by atoms with Crippen molar-refractivity contribution in [2.45, 2.75) is 34.6 Å². The van der Waals surface area contributed by atoms with Crippen molar-refractivity contribution in [1.29, 1.82) is 0 Å². The minimum atomic E-state index is 0.667. The Kier molecular flexibility index (Phi) is 4.56. The molecule has 0 radical (unpaired) electrons. The largest absolute Gasteiger partial charge is 0.494 e. The van der Waals surface area contributed by atoms with E-state index in [4.69, 9.17) is 9.84 Å². The number of aryl methyl sites for hydroxylation is 4. The van der Waals surface area contributed by atoms with E-state index in [0.717, 1.165) is 28.2 Å². The minimum absolute atomic E-state index is 0.667. The summed E-state index contributed by atoms with van der Waals surface area (Å²) in [5, 5.41) is 8.68. The maximum absolute atomic E-state index is 5.65. The number of nitrogens with one attached hydrogen (secondary N) is 1. The number of hydrogen-bond donors (Lipinski definition) is 1. The number of hydrogen-bond acceptors (Lipinski definition) is 2. The fourth-order valence-corrected chi connectivity index (χ4v) is 5.56. The molecule has 0 fully saturated rings. The Morgan fingerprint density at radius 3 is 2.41 bits per heavy atom. The Hall–Kier alpha value is -3.99. The van der Waals surface area contributed by atoms with Crippen LogP contribution in [0.2, 0.25) is 0 Å². The lowest BCUT2D eigenvalue weighted by Gasteiger charge is -2.10. The number of nitrogens with zero attached hydrogens (tertiary/aromatic N) is 3. The van der Waals surface area contributed by atoms with Gasteiger partial charge in [-0.05, 0) is 71.0 Å². The van der Waals surface area contributed by atoms with Gasteiger partial charge in [-0.25, -0.2) is 4.52 Å². The van der Waals surface area contributed by atoms with E-state index >= 15 is 0 Å². The summed E-state index contributed by atoms with van der Waals surface area (Å²) >= 11 is 0. The molecular formula is C29H28N4O. The van der Waals surface area contributed by atoms with Crippen LogP contribution in [0.4, 0.5) is 0 Å². The van der Waals surface area contributed by atoms with Crippen LogP contribution in [-0.4, -0.2) is 25.8 Å². The summed E-state index contributed by atoms with van der Waals surface area (Å²) in [7, 11) is 0. The Labute approximate surface area is 198 Å². The van der Waals surface area contributed by atoms with E-state index in [2.05, 4.69) is 85.9 Å². The summed E-state index contributed by atoms with van der Waals surface area (Å²) in [6.07, 6.45) is 2.16. The summed E-state index contributed by atoms with van der Waals surface area (Å²) in [4.78, 5) is 3.53. The zero-order chi connectivity index (χ0) is 23.6. The fraction of sp³-hybridized carbons (Fsp3) is 0.207. The first-order valence-electron chi connectivity index (χ1n) is 11.8. The first-order chi connectivity index (χ1) is 16.5. The summed E-state index contributed by atoms with van der Waals surface area (Å²) in [5.41, 5.74) is 10.5. The smallest absolute Gasteiger partial charge is 0.119 e. The molecule has 0 unspecified atom stereocenters. The van der Waals surface area contributed by atoms with Crippen LogP contribution < -0.4 is 4.74 Å². The second-order valence-corrected chi connectivity index (χ2v) is 9.00. The molecule has 4 heterocycles. The Bertz CT molecular complexity index is 1700. The molecule has 0 aliphatic heterocycles. The Morgan fingerprint density at radius 1 is 0.912 bits per heavy atom. The normalized spacial score (nSPS) is 11.8. The quantitative estimate of drug-likeness (QED) is 0.314. The van der Waals surface area contributed by atoms with Gasteiger partial charge >= 0.3 is 0 Å². The molecule has 6 aromatic rings. The van der Waals surface area contributed by atoms with Crippen LogP contribution in [0.5, 0.6) is 5.75 Å². The number of rotatable bonds is 4. The van der Waals surface area contributed by atoms with E-state index in [-0.39, 0.29) is 0 Å². The van der Waals surface area contributed by atoms with Crippen LogP contribution in [0.15, 0.2) is 60.8 Å². The monoisotopic (exact) mass is 448 g/mol. The van der Waals surface area contributed by atoms with Crippen LogP contribution in [0.1, 0.15) is 29.7 Å². The van der Waals surface area contributed by atoms with Gasteiger partial charge in [-0.2, -0.15) is 5.10 Å². The molecule has 0 amide bonds. The molecule has 34 heavy (non-hydrogen) atoms. The molecule has 0 saturated heterocycles. The minimum Gasteiger partial charge on any atom is -0.494 e. The molecule has 5 heteroatoms. The number of benzene rings is 2. The van der Waals surface area contributed by atoms with Crippen molar-refractivity contribution in [2.75, 3.05) is 6.61 Å². The molecule has 1 N–H and O–H groups in total. The molecule has 0 aliphatic rings. The highest BCUT2D eigenvalue weighted by Crippen LogP contribution is 2.38. The van der Waals surface area contributed by atoms with Crippen molar-refractivity contribution in [1.82, 2.24) is 19.2 Å². The highest BCUT2D eigenvalue weighted by atomic mass is 16.5. The average Bonchev–Trinajstić information content (AvgIpc) is 3.45. The van der Waals surface area contributed by atoms with Crippen LogP contribution in [-0.2, 0) is 0 Å². The van der Waals surface area contributed by atoms with Crippen LogP contribution >= 0.6 is 0 Å². The zero-order valence-corrected chi connectivity index (χ0v) is 20.2. The lowest BCUT2D eigenvalue weighted by molar-refractivity contribution is 0.340. The highest BCUT2D eigenvalue weighted by molar-refractivity contribution is 6.05. The van der Waals surface area contributed by atoms with Crippen molar-refractivity contribution in [3.8, 4) is 22.6 Å². The number of aromatic amines is 1. The van der Waals surface area contributed by atoms with E-state index in [1.807, 2.05) is 23.6 Å². The predicted octanol–water partition coefficient (Wildman–Crippen LogP) is 7.06. The van der Waals surface area contributed by atoms with E-state index < -0.39 is 0 Å². The molecular weight excluding hydrogens is 420 g/mol. The topological polar surface area (TPSA) is 47.2 Å². The van der Waals surface area contributed by atoms with Gasteiger partial charge < -0.3 is 14.3 Å². The summed E-state index contributed by atoms with van der Waals surface area (Å²) in [6.45, 7) is 11.3. The van der Waals surface area contributed by atoms with Crippen LogP contribution in [0.3, 0.4) is 0 Å². The highest BCUT2D eigenvalue weighted by Gasteiger charge is 2.20. The number of ether oxygens (including phenoxy) is 1. The van der Waals surface area contributed by atoms with Gasteiger partial charge in [0.25, 0.3) is 0 Å². The van der Waals surface area contributed by atoms with E-state index in [1.54, 1.807) is 0 Å². The molecule has 0 spiro atoms. The molecule has 4 aromatic heterocycles. The number of fused-ring (bicyclic) bond motifs is 4. The van der Waals surface area contributed by atoms with Gasteiger partial charge in [0.15, 0.2) is 0 Å². The first-order valence-corrected chi connectivity index (χ1v) is 11.8. The van der Waals surface area contributed by atoms with Crippen LogP contribution in [0.25, 0.3) is 44.0 Å². The number of aromatic nitrogens is 4. The number of para-hydroxylation sites is 1. The van der Waals surface area contributed by atoms with Crippen molar-refractivity contribution in [2.24, 2.45) is 0 Å². The van der Waals surface area contributed by atoms with Gasteiger partial charge in [-0.3, -0.25) is 0 Å². The third-order valence-electron chi connectivity index (χ3n) is 6.91. The standard InChI is InChI=1S/C29H28N4O/c1-6-34-23-13-11-22(12-14-23)33-19(4)27-18(3)31-32-16-21(15-26(32)29(27)20(33)5)28-17(2)30-25-10-8-7-9-24(25)28/h7-16,30H,6H2,1-5H3. The third-order valence-corrected chi connectivity index (χ3v) is 6.91. The van der Waals surface area contributed by atoms with Gasteiger partial charge in [-0.1, -0.05) is 18.2 Å². The molecule has 2 aromatic carbocycles. The van der Waals surface area contributed by atoms with E-state index in [1.165, 1.54) is 44.4 Å². The third kappa shape index (κ3) is 2.90. The lowest BCUT2D eigenvalue weighted by Crippen LogP contribution is -1.99. The maximum Gasteiger partial charge on any atom is 0.119 e. The number of H-pyrrole nitrogens is 1.